The molecule has 0 aliphatic carbocycles. The summed E-state index contributed by atoms with van der Waals surface area (Å²) in [5.41, 5.74) is 5.99. The number of urea groups is 1. The number of carbonyl (C=O) groups excluding carboxylic acids is 1. The van der Waals surface area contributed by atoms with Crippen LogP contribution in [0.4, 0.5) is 9.18 Å². The topological polar surface area (TPSA) is 49.6 Å². The molecule has 2 rings (SSSR count). The third-order valence-electron chi connectivity index (χ3n) is 3.15. The number of nitrogens with two attached hydrogens (primary N) is 1. The maximum absolute atomic E-state index is 13.8. The molecule has 0 bridgehead atoms. The zero-order chi connectivity index (χ0) is 13.3. The first-order valence-corrected chi connectivity index (χ1v) is 6.50. The molecule has 1 fully saturated rings. The zero-order valence-electron chi connectivity index (χ0n) is 10.1. The van der Waals surface area contributed by atoms with Crippen LogP contribution in [0.1, 0.15) is 11.6 Å². The fourth-order valence-electron chi connectivity index (χ4n) is 2.19. The van der Waals surface area contributed by atoms with Gasteiger partial charge >= 0.3 is 6.03 Å². The van der Waals surface area contributed by atoms with Crippen molar-refractivity contribution < 1.29 is 9.18 Å². The molecular formula is C12H15BrFN3O. The summed E-state index contributed by atoms with van der Waals surface area (Å²) < 4.78 is 14.6. The Balaban J connectivity index is 2.29. The van der Waals surface area contributed by atoms with Crippen molar-refractivity contribution in [3.8, 4) is 0 Å². The summed E-state index contributed by atoms with van der Waals surface area (Å²) in [6.45, 7) is 1.38. The van der Waals surface area contributed by atoms with E-state index >= 15 is 0 Å². The Kier molecular flexibility index (Phi) is 3.87. The Hall–Kier alpha value is -1.14. The van der Waals surface area contributed by atoms with Gasteiger partial charge in [0.2, 0.25) is 0 Å². The molecule has 1 aromatic rings. The van der Waals surface area contributed by atoms with Crippen LogP contribution in [0.3, 0.4) is 0 Å². The van der Waals surface area contributed by atoms with Crippen molar-refractivity contribution in [3.63, 3.8) is 0 Å². The van der Waals surface area contributed by atoms with Gasteiger partial charge in [-0.2, -0.15) is 0 Å². The summed E-state index contributed by atoms with van der Waals surface area (Å²) in [5.74, 6) is -0.294. The van der Waals surface area contributed by atoms with Gasteiger partial charge in [0.1, 0.15) is 5.82 Å². The first kappa shape index (κ1) is 13.3. The average Bonchev–Trinajstić information content (AvgIpc) is 2.61. The molecule has 1 saturated heterocycles. The molecule has 0 radical (unpaired) electrons. The van der Waals surface area contributed by atoms with Crippen LogP contribution in [0.2, 0.25) is 0 Å². The molecule has 2 N–H and O–H groups in total. The predicted octanol–water partition coefficient (Wildman–Crippen LogP) is 1.96. The molecule has 1 aromatic carbocycles. The van der Waals surface area contributed by atoms with E-state index in [4.69, 9.17) is 5.73 Å². The van der Waals surface area contributed by atoms with Crippen LogP contribution in [-0.2, 0) is 0 Å². The molecule has 1 aliphatic heterocycles. The predicted molar refractivity (Wildman–Crippen MR) is 70.6 cm³/mol. The number of benzene rings is 1. The maximum atomic E-state index is 13.8. The summed E-state index contributed by atoms with van der Waals surface area (Å²) in [6.07, 6.45) is 0. The largest absolute Gasteiger partial charge is 0.329 e. The van der Waals surface area contributed by atoms with Crippen LogP contribution in [0.15, 0.2) is 22.7 Å². The molecule has 98 valence electrons. The van der Waals surface area contributed by atoms with Crippen molar-refractivity contribution in [1.29, 1.82) is 0 Å². The molecule has 1 aliphatic rings. The highest BCUT2D eigenvalue weighted by atomic mass is 79.9. The molecule has 1 heterocycles. The molecule has 1 unspecified atom stereocenters. The lowest BCUT2D eigenvalue weighted by molar-refractivity contribution is 0.196. The number of halogens is 2. The van der Waals surface area contributed by atoms with E-state index in [1.54, 1.807) is 29.0 Å². The average molecular weight is 316 g/mol. The van der Waals surface area contributed by atoms with Gasteiger partial charge < -0.3 is 15.5 Å². The van der Waals surface area contributed by atoms with Crippen LogP contribution in [-0.4, -0.2) is 42.5 Å². The molecule has 0 spiro atoms. The molecule has 2 amide bonds. The van der Waals surface area contributed by atoms with Gasteiger partial charge in [0.25, 0.3) is 0 Å². The second-order valence-electron chi connectivity index (χ2n) is 4.31. The van der Waals surface area contributed by atoms with E-state index in [-0.39, 0.29) is 17.9 Å². The number of amides is 2. The lowest BCUT2D eigenvalue weighted by atomic mass is 10.1. The van der Waals surface area contributed by atoms with Gasteiger partial charge in [0.05, 0.1) is 6.04 Å². The van der Waals surface area contributed by atoms with Crippen LogP contribution in [0.5, 0.6) is 0 Å². The third kappa shape index (κ3) is 2.35. The second kappa shape index (κ2) is 5.24. The quantitative estimate of drug-likeness (QED) is 0.927. The highest BCUT2D eigenvalue weighted by Crippen LogP contribution is 2.31. The van der Waals surface area contributed by atoms with Gasteiger partial charge in [-0.3, -0.25) is 0 Å². The molecule has 0 aromatic heterocycles. The fraction of sp³-hybridized carbons (Fsp3) is 0.417. The highest BCUT2D eigenvalue weighted by Gasteiger charge is 2.36. The van der Waals surface area contributed by atoms with Crippen molar-refractivity contribution >= 4 is 22.0 Å². The fourth-order valence-corrected chi connectivity index (χ4v) is 2.56. The Morgan fingerprint density at radius 2 is 2.28 bits per heavy atom. The molecule has 4 nitrogen and oxygen atoms in total. The van der Waals surface area contributed by atoms with Gasteiger partial charge in [0.15, 0.2) is 0 Å². The Morgan fingerprint density at radius 1 is 1.56 bits per heavy atom. The number of hydrogen-bond donors (Lipinski definition) is 1. The standard InChI is InChI=1S/C12H15BrFN3O/c1-16-11(7-17(5-4-15)12(16)18)9-6-8(13)2-3-10(9)14/h2-3,6,11H,4-5,7,15H2,1H3. The Bertz CT molecular complexity index is 469. The maximum Gasteiger partial charge on any atom is 0.320 e. The van der Waals surface area contributed by atoms with E-state index in [9.17, 15) is 9.18 Å². The first-order valence-electron chi connectivity index (χ1n) is 5.71. The van der Waals surface area contributed by atoms with Crippen LogP contribution >= 0.6 is 15.9 Å². The molecule has 6 heteroatoms. The van der Waals surface area contributed by atoms with Crippen LogP contribution in [0, 0.1) is 5.82 Å². The number of rotatable bonds is 3. The van der Waals surface area contributed by atoms with Crippen LogP contribution in [0.25, 0.3) is 0 Å². The molecule has 0 saturated carbocycles. The minimum atomic E-state index is -0.294. The summed E-state index contributed by atoms with van der Waals surface area (Å²) >= 11 is 3.32. The minimum Gasteiger partial charge on any atom is -0.329 e. The van der Waals surface area contributed by atoms with Crippen molar-refractivity contribution in [2.45, 2.75) is 6.04 Å². The lowest BCUT2D eigenvalue weighted by Crippen LogP contribution is -2.33. The van der Waals surface area contributed by atoms with Gasteiger partial charge in [0, 0.05) is 36.7 Å². The van der Waals surface area contributed by atoms with E-state index in [0.29, 0.717) is 25.2 Å². The number of nitrogens with zero attached hydrogens (tertiary/aromatic N) is 2. The number of hydrogen-bond acceptors (Lipinski definition) is 2. The highest BCUT2D eigenvalue weighted by molar-refractivity contribution is 9.10. The van der Waals surface area contributed by atoms with E-state index in [1.165, 1.54) is 6.07 Å². The van der Waals surface area contributed by atoms with E-state index in [0.717, 1.165) is 4.47 Å². The SMILES string of the molecule is CN1C(=O)N(CCN)CC1c1cc(Br)ccc1F. The normalized spacial score (nSPS) is 19.8. The van der Waals surface area contributed by atoms with E-state index in [1.807, 2.05) is 0 Å². The van der Waals surface area contributed by atoms with E-state index < -0.39 is 0 Å². The van der Waals surface area contributed by atoms with Gasteiger partial charge in [-0.1, -0.05) is 15.9 Å². The number of likely N-dealkylation sites (N-methyl/N-ethyl adjacent to an activating group) is 1. The monoisotopic (exact) mass is 315 g/mol. The third-order valence-corrected chi connectivity index (χ3v) is 3.64. The Morgan fingerprint density at radius 3 is 2.94 bits per heavy atom. The van der Waals surface area contributed by atoms with Crippen molar-refractivity contribution in [2.24, 2.45) is 5.73 Å². The van der Waals surface area contributed by atoms with Crippen molar-refractivity contribution in [2.75, 3.05) is 26.7 Å². The van der Waals surface area contributed by atoms with Gasteiger partial charge in [-0.25, -0.2) is 9.18 Å². The van der Waals surface area contributed by atoms with Gasteiger partial charge in [-0.05, 0) is 18.2 Å². The summed E-state index contributed by atoms with van der Waals surface area (Å²) in [7, 11) is 1.68. The minimum absolute atomic E-state index is 0.107. The van der Waals surface area contributed by atoms with Crippen molar-refractivity contribution in [3.05, 3.63) is 34.1 Å². The summed E-state index contributed by atoms with van der Waals surface area (Å²) in [6, 6.07) is 4.40. The lowest BCUT2D eigenvalue weighted by Gasteiger charge is -2.18. The van der Waals surface area contributed by atoms with E-state index in [2.05, 4.69) is 15.9 Å². The summed E-state index contributed by atoms with van der Waals surface area (Å²) in [5, 5.41) is 0. The number of carbonyl (C=O) groups is 1. The zero-order valence-corrected chi connectivity index (χ0v) is 11.7. The van der Waals surface area contributed by atoms with Crippen molar-refractivity contribution in [1.82, 2.24) is 9.80 Å². The molecule has 1 atom stereocenters. The second-order valence-corrected chi connectivity index (χ2v) is 5.23. The molecule has 18 heavy (non-hydrogen) atoms. The van der Waals surface area contributed by atoms with Crippen LogP contribution < -0.4 is 5.73 Å². The smallest absolute Gasteiger partial charge is 0.320 e. The summed E-state index contributed by atoms with van der Waals surface area (Å²) in [4.78, 5) is 15.1. The van der Waals surface area contributed by atoms with Gasteiger partial charge in [-0.15, -0.1) is 0 Å². The Labute approximate surface area is 114 Å². The first-order chi connectivity index (χ1) is 8.54. The molecular weight excluding hydrogens is 301 g/mol.